The maximum Gasteiger partial charge on any atom is 0.336 e. The zero-order valence-electron chi connectivity index (χ0n) is 15.5. The van der Waals surface area contributed by atoms with Crippen molar-refractivity contribution in [2.45, 2.75) is 65.8 Å². The summed E-state index contributed by atoms with van der Waals surface area (Å²) in [4.78, 5) is 12.1. The fraction of sp³-hybridized carbons (Fsp3) is 0.550. The molecule has 3 unspecified atom stereocenters. The summed E-state index contributed by atoms with van der Waals surface area (Å²) in [6.45, 7) is 9.81. The van der Waals surface area contributed by atoms with Gasteiger partial charge in [0.25, 0.3) is 0 Å². The molecule has 25 heavy (non-hydrogen) atoms. The summed E-state index contributed by atoms with van der Waals surface area (Å²) < 4.78 is 17.5. The van der Waals surface area contributed by atoms with Crippen LogP contribution in [0.15, 0.2) is 21.3 Å². The fourth-order valence-electron chi connectivity index (χ4n) is 3.40. The molecule has 3 atom stereocenters. The predicted molar refractivity (Wildman–Crippen MR) is 96.5 cm³/mol. The molecule has 1 aliphatic heterocycles. The van der Waals surface area contributed by atoms with E-state index in [0.717, 1.165) is 23.8 Å². The normalized spacial score (nSPS) is 22.8. The quantitative estimate of drug-likeness (QED) is 0.848. The van der Waals surface area contributed by atoms with E-state index in [1.54, 1.807) is 0 Å². The monoisotopic (exact) mass is 346 g/mol. The molecule has 1 aromatic carbocycles. The van der Waals surface area contributed by atoms with E-state index in [-0.39, 0.29) is 18.1 Å². The molecule has 2 aromatic rings. The molecule has 5 heteroatoms. The first-order chi connectivity index (χ1) is 11.8. The number of aryl methyl sites for hydroxylation is 1. The topological polar surface area (TPSA) is 68.9 Å². The highest BCUT2D eigenvalue weighted by molar-refractivity contribution is 5.91. The summed E-state index contributed by atoms with van der Waals surface area (Å²) in [7, 11) is 0. The number of aliphatic hydroxyl groups excluding tert-OH is 1. The lowest BCUT2D eigenvalue weighted by atomic mass is 9.88. The minimum absolute atomic E-state index is 0.0347. The Morgan fingerprint density at radius 1 is 1.28 bits per heavy atom. The molecule has 0 spiro atoms. The Morgan fingerprint density at radius 2 is 2.00 bits per heavy atom. The van der Waals surface area contributed by atoms with Gasteiger partial charge in [0, 0.05) is 18.1 Å². The highest BCUT2D eigenvalue weighted by Crippen LogP contribution is 2.46. The van der Waals surface area contributed by atoms with Gasteiger partial charge in [0.2, 0.25) is 0 Å². The summed E-state index contributed by atoms with van der Waals surface area (Å²) in [6.07, 6.45) is 0.695. The second kappa shape index (κ2) is 6.71. The summed E-state index contributed by atoms with van der Waals surface area (Å²) in [5.41, 5.74) is 1.39. The van der Waals surface area contributed by atoms with E-state index in [4.69, 9.17) is 13.9 Å². The van der Waals surface area contributed by atoms with Gasteiger partial charge in [-0.1, -0.05) is 20.3 Å². The maximum atomic E-state index is 12.1. The van der Waals surface area contributed by atoms with Gasteiger partial charge in [0.15, 0.2) is 5.58 Å². The number of hydrogen-bond acceptors (Lipinski definition) is 5. The van der Waals surface area contributed by atoms with Crippen molar-refractivity contribution in [3.8, 4) is 11.5 Å². The third-order valence-electron chi connectivity index (χ3n) is 4.79. The lowest BCUT2D eigenvalue weighted by Crippen LogP contribution is -2.32. The number of rotatable bonds is 4. The van der Waals surface area contributed by atoms with Crippen molar-refractivity contribution in [3.63, 3.8) is 0 Å². The van der Waals surface area contributed by atoms with E-state index < -0.39 is 11.7 Å². The highest BCUT2D eigenvalue weighted by atomic mass is 16.5. The lowest BCUT2D eigenvalue weighted by Gasteiger charge is -2.34. The van der Waals surface area contributed by atoms with E-state index in [1.807, 2.05) is 33.8 Å². The zero-order chi connectivity index (χ0) is 18.3. The van der Waals surface area contributed by atoms with Gasteiger partial charge in [-0.15, -0.1) is 0 Å². The first-order valence-corrected chi connectivity index (χ1v) is 8.98. The second-order valence-corrected chi connectivity index (χ2v) is 7.12. The minimum Gasteiger partial charge on any atom is -0.490 e. The molecule has 1 N–H and O–H groups in total. The molecular formula is C20H26O5. The van der Waals surface area contributed by atoms with Crippen LogP contribution in [0.25, 0.3) is 11.0 Å². The van der Waals surface area contributed by atoms with Crippen LogP contribution in [0.5, 0.6) is 11.5 Å². The summed E-state index contributed by atoms with van der Waals surface area (Å²) >= 11 is 0. The molecule has 0 radical (unpaired) electrons. The van der Waals surface area contributed by atoms with E-state index >= 15 is 0 Å². The van der Waals surface area contributed by atoms with Crippen LogP contribution < -0.4 is 15.1 Å². The van der Waals surface area contributed by atoms with Crippen LogP contribution in [0.3, 0.4) is 0 Å². The van der Waals surface area contributed by atoms with Crippen molar-refractivity contribution < 1.29 is 19.0 Å². The molecule has 136 valence electrons. The van der Waals surface area contributed by atoms with Gasteiger partial charge in [-0.05, 0) is 32.8 Å². The lowest BCUT2D eigenvalue weighted by molar-refractivity contribution is 0.0177. The average Bonchev–Trinajstić information content (AvgIpc) is 2.51. The van der Waals surface area contributed by atoms with Crippen LogP contribution >= 0.6 is 0 Å². The molecular weight excluding hydrogens is 320 g/mol. The minimum atomic E-state index is -0.755. The van der Waals surface area contributed by atoms with Gasteiger partial charge in [-0.25, -0.2) is 4.79 Å². The number of fused-ring (bicyclic) bond motifs is 3. The van der Waals surface area contributed by atoms with Crippen molar-refractivity contribution in [2.75, 3.05) is 0 Å². The van der Waals surface area contributed by atoms with Crippen molar-refractivity contribution in [2.24, 2.45) is 5.92 Å². The molecule has 3 rings (SSSR count). The van der Waals surface area contributed by atoms with Gasteiger partial charge in [-0.2, -0.15) is 0 Å². The third-order valence-corrected chi connectivity index (χ3v) is 4.79. The number of benzene rings is 1. The van der Waals surface area contributed by atoms with E-state index in [1.165, 1.54) is 6.07 Å². The second-order valence-electron chi connectivity index (χ2n) is 7.12. The molecule has 2 heterocycles. The molecule has 1 aliphatic rings. The van der Waals surface area contributed by atoms with Crippen molar-refractivity contribution >= 4 is 11.0 Å². The van der Waals surface area contributed by atoms with Gasteiger partial charge < -0.3 is 19.0 Å². The van der Waals surface area contributed by atoms with Crippen LogP contribution in [0.2, 0.25) is 0 Å². The third kappa shape index (κ3) is 3.13. The fourth-order valence-corrected chi connectivity index (χ4v) is 3.40. The molecule has 0 aliphatic carbocycles. The van der Waals surface area contributed by atoms with Crippen LogP contribution in [-0.4, -0.2) is 17.3 Å². The van der Waals surface area contributed by atoms with Gasteiger partial charge in [-0.3, -0.25) is 0 Å². The number of hydrogen-bond donors (Lipinski definition) is 1. The highest BCUT2D eigenvalue weighted by Gasteiger charge is 2.36. The van der Waals surface area contributed by atoms with Crippen LogP contribution in [0.1, 0.15) is 58.3 Å². The average molecular weight is 346 g/mol. The van der Waals surface area contributed by atoms with Crippen molar-refractivity contribution in [1.29, 1.82) is 0 Å². The molecule has 5 nitrogen and oxygen atoms in total. The largest absolute Gasteiger partial charge is 0.490 e. The summed E-state index contributed by atoms with van der Waals surface area (Å²) in [5, 5.41) is 11.6. The molecule has 0 bridgehead atoms. The SMILES string of the molecule is CCCc1cc(=O)oc2c3c(cc(OC(C)C)c12)OC(C)C(C)C3O. The number of aliphatic hydroxyl groups is 1. The van der Waals surface area contributed by atoms with Crippen molar-refractivity contribution in [3.05, 3.63) is 33.7 Å². The standard InChI is InChI=1S/C20H26O5/c1-6-7-13-8-16(21)25-20-17(13)14(23-10(2)3)9-15-18(20)19(22)11(4)12(5)24-15/h8-12,19,22H,6-7H2,1-5H3. The molecule has 0 saturated heterocycles. The van der Waals surface area contributed by atoms with Gasteiger partial charge >= 0.3 is 5.63 Å². The van der Waals surface area contributed by atoms with Crippen LogP contribution in [0, 0.1) is 5.92 Å². The molecule has 0 fully saturated rings. The smallest absolute Gasteiger partial charge is 0.336 e. The Labute approximate surface area is 147 Å². The molecule has 0 amide bonds. The zero-order valence-corrected chi connectivity index (χ0v) is 15.5. The molecule has 0 saturated carbocycles. The molecule has 1 aromatic heterocycles. The van der Waals surface area contributed by atoms with E-state index in [2.05, 4.69) is 6.92 Å². The first-order valence-electron chi connectivity index (χ1n) is 8.98. The van der Waals surface area contributed by atoms with Gasteiger partial charge in [0.1, 0.15) is 17.6 Å². The Morgan fingerprint density at radius 3 is 2.64 bits per heavy atom. The Hall–Kier alpha value is -2.01. The summed E-state index contributed by atoms with van der Waals surface area (Å²) in [5.74, 6) is 1.05. The Kier molecular flexibility index (Phi) is 4.78. The Balaban J connectivity index is 2.38. The number of ether oxygens (including phenoxy) is 2. The maximum absolute atomic E-state index is 12.1. The van der Waals surface area contributed by atoms with Crippen LogP contribution in [0.4, 0.5) is 0 Å². The predicted octanol–water partition coefficient (Wildman–Crippen LogP) is 3.98. The first kappa shape index (κ1) is 17.8. The van der Waals surface area contributed by atoms with E-state index in [0.29, 0.717) is 22.6 Å². The van der Waals surface area contributed by atoms with E-state index in [9.17, 15) is 9.90 Å². The van der Waals surface area contributed by atoms with Crippen molar-refractivity contribution in [1.82, 2.24) is 0 Å². The summed E-state index contributed by atoms with van der Waals surface area (Å²) in [6, 6.07) is 3.34. The van der Waals surface area contributed by atoms with Gasteiger partial charge in [0.05, 0.1) is 23.2 Å². The van der Waals surface area contributed by atoms with Crippen LogP contribution in [-0.2, 0) is 6.42 Å². The Bertz CT molecular complexity index is 836.